The Morgan fingerprint density at radius 1 is 1.08 bits per heavy atom. The minimum atomic E-state index is -1.08. The molecule has 0 amide bonds. The Kier molecular flexibility index (Phi) is 5.75. The minimum Gasteiger partial charge on any atom is -0.354 e. The summed E-state index contributed by atoms with van der Waals surface area (Å²) in [5.74, 6) is -0.482. The molecule has 0 aliphatic heterocycles. The molecule has 0 fully saturated rings. The Balaban J connectivity index is 2.21. The maximum atomic E-state index is 12.6. The smallest absolute Gasteiger partial charge is 0.270 e. The van der Waals surface area contributed by atoms with Crippen LogP contribution in [-0.4, -0.2) is 28.5 Å². The molecule has 2 rings (SSSR count). The van der Waals surface area contributed by atoms with Gasteiger partial charge in [-0.05, 0) is 19.1 Å². The van der Waals surface area contributed by atoms with Crippen molar-refractivity contribution in [3.8, 4) is 0 Å². The van der Waals surface area contributed by atoms with Crippen molar-refractivity contribution in [3.05, 3.63) is 74.3 Å². The lowest BCUT2D eigenvalue weighted by Gasteiger charge is -2.18. The summed E-state index contributed by atoms with van der Waals surface area (Å²) in [6.07, 6.45) is -1.08. The van der Waals surface area contributed by atoms with E-state index in [0.717, 1.165) is 0 Å². The van der Waals surface area contributed by atoms with Gasteiger partial charge in [0.2, 0.25) is 5.78 Å². The largest absolute Gasteiger partial charge is 0.354 e. The van der Waals surface area contributed by atoms with E-state index < -0.39 is 21.9 Å². The van der Waals surface area contributed by atoms with Crippen LogP contribution in [0.2, 0.25) is 0 Å². The number of carbonyl (C=O) groups excluding carboxylic acids is 1. The first kappa shape index (κ1) is 18.0. The third-order valence-corrected chi connectivity index (χ3v) is 3.29. The Hall–Kier alpha value is -3.33. The van der Waals surface area contributed by atoms with Gasteiger partial charge in [-0.1, -0.05) is 12.1 Å². The van der Waals surface area contributed by atoms with Gasteiger partial charge >= 0.3 is 0 Å². The molecule has 0 saturated heterocycles. The molecule has 9 nitrogen and oxygen atoms in total. The number of hydrogen-bond acceptors (Lipinski definition) is 7. The number of nitrogens with one attached hydrogen (secondary N) is 1. The quantitative estimate of drug-likeness (QED) is 0.337. The molecule has 0 aliphatic carbocycles. The van der Waals surface area contributed by atoms with E-state index >= 15 is 0 Å². The van der Waals surface area contributed by atoms with E-state index in [1.807, 2.05) is 0 Å². The van der Waals surface area contributed by atoms with E-state index in [9.17, 15) is 25.0 Å². The van der Waals surface area contributed by atoms with Crippen molar-refractivity contribution >= 4 is 22.8 Å². The summed E-state index contributed by atoms with van der Waals surface area (Å²) >= 11 is 0. The van der Waals surface area contributed by atoms with Crippen molar-refractivity contribution in [3.63, 3.8) is 0 Å². The molecule has 0 bridgehead atoms. The Morgan fingerprint density at radius 3 is 2.28 bits per heavy atom. The lowest BCUT2D eigenvalue weighted by Crippen LogP contribution is -2.32. The van der Waals surface area contributed by atoms with Gasteiger partial charge in [0.05, 0.1) is 9.85 Å². The second kappa shape index (κ2) is 7.97. The van der Waals surface area contributed by atoms with Crippen LogP contribution in [0.1, 0.15) is 17.3 Å². The molecule has 1 atom stereocenters. The van der Waals surface area contributed by atoms with Gasteiger partial charge in [-0.25, -0.2) is 0 Å². The number of carbonyl (C=O) groups is 1. The van der Waals surface area contributed by atoms with E-state index in [0.29, 0.717) is 5.69 Å². The van der Waals surface area contributed by atoms with Crippen LogP contribution in [0, 0.1) is 20.2 Å². The fourth-order valence-electron chi connectivity index (χ4n) is 2.10. The molecule has 1 N–H and O–H groups in total. The summed E-state index contributed by atoms with van der Waals surface area (Å²) in [7, 11) is 0. The number of ketones is 1. The predicted molar refractivity (Wildman–Crippen MR) is 89.6 cm³/mol. The van der Waals surface area contributed by atoms with Crippen LogP contribution in [0.15, 0.2) is 48.5 Å². The molecule has 9 heteroatoms. The lowest BCUT2D eigenvalue weighted by molar-refractivity contribution is -0.385. The average Bonchev–Trinajstić information content (AvgIpc) is 2.61. The molecular weight excluding hydrogens is 330 g/mol. The summed E-state index contributed by atoms with van der Waals surface area (Å²) in [5.41, 5.74) is 0.296. The molecule has 25 heavy (non-hydrogen) atoms. The Morgan fingerprint density at radius 2 is 1.72 bits per heavy atom. The zero-order chi connectivity index (χ0) is 18.4. The van der Waals surface area contributed by atoms with Gasteiger partial charge in [0.25, 0.3) is 11.4 Å². The second-order valence-corrected chi connectivity index (χ2v) is 4.96. The van der Waals surface area contributed by atoms with E-state index in [4.69, 9.17) is 4.74 Å². The summed E-state index contributed by atoms with van der Waals surface area (Å²) in [4.78, 5) is 33.0. The van der Waals surface area contributed by atoms with Gasteiger partial charge < -0.3 is 10.1 Å². The maximum Gasteiger partial charge on any atom is 0.270 e. The number of benzene rings is 2. The van der Waals surface area contributed by atoms with Crippen LogP contribution in [0.5, 0.6) is 0 Å². The molecule has 1 unspecified atom stereocenters. The molecule has 0 spiro atoms. The van der Waals surface area contributed by atoms with Crippen molar-refractivity contribution in [2.24, 2.45) is 0 Å². The fourth-order valence-corrected chi connectivity index (χ4v) is 2.10. The first-order chi connectivity index (χ1) is 11.9. The first-order valence-electron chi connectivity index (χ1n) is 7.33. The summed E-state index contributed by atoms with van der Waals surface area (Å²) in [5, 5.41) is 24.3. The zero-order valence-electron chi connectivity index (χ0n) is 13.2. The van der Waals surface area contributed by atoms with Crippen molar-refractivity contribution in [2.75, 3.05) is 11.9 Å². The van der Waals surface area contributed by atoms with E-state index in [1.54, 1.807) is 6.92 Å². The number of ether oxygens (including phenoxy) is 1. The number of non-ortho nitro benzene ring substituents is 2. The van der Waals surface area contributed by atoms with E-state index in [1.165, 1.54) is 48.5 Å². The normalized spacial score (nSPS) is 11.6. The monoisotopic (exact) mass is 345 g/mol. The maximum absolute atomic E-state index is 12.6. The Bertz CT molecular complexity index is 791. The van der Waals surface area contributed by atoms with Crippen molar-refractivity contribution in [1.82, 2.24) is 0 Å². The summed E-state index contributed by atoms with van der Waals surface area (Å²) in [6, 6.07) is 10.8. The highest BCUT2D eigenvalue weighted by molar-refractivity contribution is 6.01. The fraction of sp³-hybridized carbons (Fsp3) is 0.188. The number of nitrogens with zero attached hydrogens (tertiary/aromatic N) is 2. The Labute approximate surface area is 142 Å². The van der Waals surface area contributed by atoms with Crippen LogP contribution in [0.3, 0.4) is 0 Å². The van der Waals surface area contributed by atoms with Gasteiger partial charge in [-0.2, -0.15) is 0 Å². The molecule has 0 radical (unpaired) electrons. The highest BCUT2D eigenvalue weighted by Gasteiger charge is 2.22. The molecule has 0 aromatic heterocycles. The number of nitro groups is 2. The summed E-state index contributed by atoms with van der Waals surface area (Å²) < 4.78 is 5.38. The van der Waals surface area contributed by atoms with Crippen LogP contribution < -0.4 is 5.32 Å². The van der Waals surface area contributed by atoms with Gasteiger partial charge in [0.15, 0.2) is 6.23 Å². The number of anilines is 1. The van der Waals surface area contributed by atoms with Gasteiger partial charge in [-0.15, -0.1) is 0 Å². The number of hydrogen-bond donors (Lipinski definition) is 1. The molecule has 2 aromatic rings. The van der Waals surface area contributed by atoms with Crippen LogP contribution >= 0.6 is 0 Å². The van der Waals surface area contributed by atoms with Gasteiger partial charge in [-0.3, -0.25) is 25.0 Å². The lowest BCUT2D eigenvalue weighted by atomic mass is 10.1. The molecule has 0 aliphatic rings. The van der Waals surface area contributed by atoms with Crippen molar-refractivity contribution < 1.29 is 19.4 Å². The van der Waals surface area contributed by atoms with Crippen molar-refractivity contribution in [1.29, 1.82) is 0 Å². The zero-order valence-corrected chi connectivity index (χ0v) is 13.2. The van der Waals surface area contributed by atoms with Gasteiger partial charge in [0.1, 0.15) is 0 Å². The van der Waals surface area contributed by atoms with Crippen molar-refractivity contribution in [2.45, 2.75) is 13.2 Å². The van der Waals surface area contributed by atoms with Crippen LogP contribution in [0.4, 0.5) is 17.1 Å². The highest BCUT2D eigenvalue weighted by atomic mass is 16.6. The minimum absolute atomic E-state index is 0.0801. The molecule has 130 valence electrons. The molecule has 0 heterocycles. The van der Waals surface area contributed by atoms with Crippen LogP contribution in [-0.2, 0) is 4.74 Å². The predicted octanol–water partition coefficient (Wildman–Crippen LogP) is 3.16. The summed E-state index contributed by atoms with van der Waals surface area (Å²) in [6.45, 7) is 1.93. The van der Waals surface area contributed by atoms with Crippen LogP contribution in [0.25, 0.3) is 0 Å². The average molecular weight is 345 g/mol. The molecule has 2 aromatic carbocycles. The number of nitro benzene ring substituents is 2. The van der Waals surface area contributed by atoms with Gasteiger partial charge in [0, 0.05) is 42.1 Å². The third-order valence-electron chi connectivity index (χ3n) is 3.29. The number of rotatable bonds is 8. The highest BCUT2D eigenvalue weighted by Crippen LogP contribution is 2.19. The molecule has 0 saturated carbocycles. The van der Waals surface area contributed by atoms with E-state index in [-0.39, 0.29) is 23.5 Å². The second-order valence-electron chi connectivity index (χ2n) is 4.96. The third kappa shape index (κ3) is 4.58. The number of Topliss-reactive ketones (excluding diaryl/α,β-unsaturated/α-hetero) is 1. The first-order valence-corrected chi connectivity index (χ1v) is 7.33. The standard InChI is InChI=1S/C16H15N3O6/c1-2-25-16(17-12-6-8-13(9-7-12)18(21)22)15(20)11-4-3-5-14(10-11)19(23)24/h3-10,16-17H,2H2,1H3. The molecular formula is C16H15N3O6. The SMILES string of the molecule is CCOC(Nc1ccc([N+](=O)[O-])cc1)C(=O)c1cccc([N+](=O)[O-])c1. The topological polar surface area (TPSA) is 125 Å². The van der Waals surface area contributed by atoms with E-state index in [2.05, 4.69) is 5.32 Å².